The molecule has 4 nitrogen and oxygen atoms in total. The van der Waals surface area contributed by atoms with E-state index in [1.54, 1.807) is 6.07 Å². The van der Waals surface area contributed by atoms with Gasteiger partial charge >= 0.3 is 0 Å². The standard InChI is InChI=1S/C20H31FN4/c1-2-12-25(14-15-10-11-15)20(23-17-7-5-6-16(21)13-17)24-19-9-4-3-8-18(19)22/h5-7,13,15,18-19H,2-4,8-12,14,22H2,1H3,(H,23,24)/t18-,19-/m0/s1. The zero-order valence-electron chi connectivity index (χ0n) is 15.3. The number of guanidine groups is 1. The molecule has 0 heterocycles. The molecule has 0 unspecified atom stereocenters. The summed E-state index contributed by atoms with van der Waals surface area (Å²) in [6.45, 7) is 4.17. The van der Waals surface area contributed by atoms with Crippen LogP contribution in [0.3, 0.4) is 0 Å². The minimum Gasteiger partial charge on any atom is -0.342 e. The van der Waals surface area contributed by atoms with E-state index in [1.165, 1.54) is 37.8 Å². The van der Waals surface area contributed by atoms with Crippen LogP contribution in [0.4, 0.5) is 10.1 Å². The fourth-order valence-corrected chi connectivity index (χ4v) is 3.51. The largest absolute Gasteiger partial charge is 0.342 e. The van der Waals surface area contributed by atoms with Crippen LogP contribution in [0, 0.1) is 11.7 Å². The summed E-state index contributed by atoms with van der Waals surface area (Å²) in [6.07, 6.45) is 8.13. The van der Waals surface area contributed by atoms with E-state index in [2.05, 4.69) is 17.1 Å². The molecule has 3 N–H and O–H groups in total. The number of nitrogens with two attached hydrogens (primary N) is 1. The summed E-state index contributed by atoms with van der Waals surface area (Å²) >= 11 is 0. The molecule has 0 radical (unpaired) electrons. The highest BCUT2D eigenvalue weighted by atomic mass is 19.1. The third-order valence-electron chi connectivity index (χ3n) is 5.12. The molecule has 25 heavy (non-hydrogen) atoms. The first kappa shape index (κ1) is 18.2. The van der Waals surface area contributed by atoms with Crippen LogP contribution in [0.25, 0.3) is 0 Å². The van der Waals surface area contributed by atoms with Crippen LogP contribution in [0.15, 0.2) is 29.3 Å². The molecule has 0 bridgehead atoms. The van der Waals surface area contributed by atoms with Crippen molar-refractivity contribution in [1.82, 2.24) is 4.90 Å². The van der Waals surface area contributed by atoms with Crippen LogP contribution in [0.5, 0.6) is 0 Å². The van der Waals surface area contributed by atoms with Crippen molar-refractivity contribution >= 4 is 11.6 Å². The van der Waals surface area contributed by atoms with E-state index in [1.807, 2.05) is 6.07 Å². The summed E-state index contributed by atoms with van der Waals surface area (Å²) in [5, 5.41) is 3.39. The second kappa shape index (κ2) is 8.65. The number of halogens is 1. The molecule has 5 heteroatoms. The van der Waals surface area contributed by atoms with Crippen molar-refractivity contribution in [3.63, 3.8) is 0 Å². The number of nitrogens with one attached hydrogen (secondary N) is 1. The van der Waals surface area contributed by atoms with Gasteiger partial charge in [0.25, 0.3) is 0 Å². The van der Waals surface area contributed by atoms with Crippen molar-refractivity contribution in [2.45, 2.75) is 64.0 Å². The lowest BCUT2D eigenvalue weighted by atomic mass is 9.91. The average molecular weight is 346 g/mol. The normalized spacial score (nSPS) is 24.2. The molecule has 3 rings (SSSR count). The molecule has 0 amide bonds. The van der Waals surface area contributed by atoms with E-state index in [-0.39, 0.29) is 17.9 Å². The third-order valence-corrected chi connectivity index (χ3v) is 5.12. The van der Waals surface area contributed by atoms with E-state index in [4.69, 9.17) is 10.7 Å². The average Bonchev–Trinajstić information content (AvgIpc) is 3.40. The van der Waals surface area contributed by atoms with Gasteiger partial charge in [0.1, 0.15) is 5.82 Å². The molecule has 0 aromatic heterocycles. The van der Waals surface area contributed by atoms with Gasteiger partial charge in [-0.15, -0.1) is 0 Å². The van der Waals surface area contributed by atoms with Gasteiger partial charge in [-0.25, -0.2) is 9.38 Å². The lowest BCUT2D eigenvalue weighted by molar-refractivity contribution is 0.366. The highest BCUT2D eigenvalue weighted by molar-refractivity contribution is 5.93. The predicted octanol–water partition coefficient (Wildman–Crippen LogP) is 3.99. The van der Waals surface area contributed by atoms with Gasteiger partial charge in [0.05, 0.1) is 6.04 Å². The zero-order valence-corrected chi connectivity index (χ0v) is 15.3. The predicted molar refractivity (Wildman–Crippen MR) is 102 cm³/mol. The van der Waals surface area contributed by atoms with E-state index in [9.17, 15) is 4.39 Å². The smallest absolute Gasteiger partial charge is 0.198 e. The quantitative estimate of drug-likeness (QED) is 0.605. The van der Waals surface area contributed by atoms with Gasteiger partial charge in [0.15, 0.2) is 5.96 Å². The minimum atomic E-state index is -0.233. The van der Waals surface area contributed by atoms with Crippen LogP contribution in [0.2, 0.25) is 0 Å². The monoisotopic (exact) mass is 346 g/mol. The number of hydrogen-bond acceptors (Lipinski definition) is 2. The van der Waals surface area contributed by atoms with E-state index in [0.717, 1.165) is 49.9 Å². The lowest BCUT2D eigenvalue weighted by Crippen LogP contribution is -2.43. The number of hydrogen-bond donors (Lipinski definition) is 2. The van der Waals surface area contributed by atoms with Gasteiger partial charge in [-0.3, -0.25) is 0 Å². The van der Waals surface area contributed by atoms with E-state index in [0.29, 0.717) is 0 Å². The van der Waals surface area contributed by atoms with Crippen molar-refractivity contribution in [1.29, 1.82) is 0 Å². The summed E-state index contributed by atoms with van der Waals surface area (Å²) in [6, 6.07) is 6.89. The van der Waals surface area contributed by atoms with Gasteiger partial charge in [-0.2, -0.15) is 0 Å². The lowest BCUT2D eigenvalue weighted by Gasteiger charge is -2.31. The van der Waals surface area contributed by atoms with Crippen LogP contribution in [-0.2, 0) is 0 Å². The molecule has 2 aliphatic rings. The molecule has 0 aliphatic heterocycles. The Kier molecular flexibility index (Phi) is 6.29. The van der Waals surface area contributed by atoms with Crippen molar-refractivity contribution in [3.8, 4) is 0 Å². The Balaban J connectivity index is 1.82. The second-order valence-electron chi connectivity index (χ2n) is 7.49. The molecule has 2 aliphatic carbocycles. The molecule has 0 spiro atoms. The molecule has 138 valence electrons. The summed E-state index contributed by atoms with van der Waals surface area (Å²) in [5.41, 5.74) is 7.07. The van der Waals surface area contributed by atoms with E-state index >= 15 is 0 Å². The van der Waals surface area contributed by atoms with Gasteiger partial charge in [-0.05, 0) is 56.2 Å². The summed E-state index contributed by atoms with van der Waals surface area (Å²) < 4.78 is 13.6. The maximum Gasteiger partial charge on any atom is 0.198 e. The van der Waals surface area contributed by atoms with Crippen molar-refractivity contribution in [2.75, 3.05) is 18.4 Å². The topological polar surface area (TPSA) is 53.6 Å². The zero-order chi connectivity index (χ0) is 17.6. The maximum atomic E-state index is 13.6. The summed E-state index contributed by atoms with van der Waals surface area (Å²) in [4.78, 5) is 7.36. The van der Waals surface area contributed by atoms with Crippen molar-refractivity contribution < 1.29 is 4.39 Å². The van der Waals surface area contributed by atoms with Crippen LogP contribution >= 0.6 is 0 Å². The number of benzene rings is 1. The Hall–Kier alpha value is -1.62. The van der Waals surface area contributed by atoms with Crippen molar-refractivity contribution in [2.24, 2.45) is 16.6 Å². The second-order valence-corrected chi connectivity index (χ2v) is 7.49. The Morgan fingerprint density at radius 3 is 2.76 bits per heavy atom. The molecule has 2 atom stereocenters. The van der Waals surface area contributed by atoms with Gasteiger partial charge in [0, 0.05) is 24.8 Å². The molecule has 1 aromatic rings. The molecule has 0 saturated heterocycles. The van der Waals surface area contributed by atoms with Gasteiger partial charge in [0.2, 0.25) is 0 Å². The molecule has 2 saturated carbocycles. The fourth-order valence-electron chi connectivity index (χ4n) is 3.51. The fraction of sp³-hybridized carbons (Fsp3) is 0.650. The first-order valence-electron chi connectivity index (χ1n) is 9.76. The first-order chi connectivity index (χ1) is 12.2. The number of nitrogens with zero attached hydrogens (tertiary/aromatic N) is 2. The Morgan fingerprint density at radius 2 is 2.08 bits per heavy atom. The van der Waals surface area contributed by atoms with Crippen LogP contribution < -0.4 is 11.1 Å². The Bertz CT molecular complexity index is 585. The van der Waals surface area contributed by atoms with Gasteiger partial charge in [-0.1, -0.05) is 25.8 Å². The molecule has 1 aromatic carbocycles. The number of anilines is 1. The third kappa shape index (κ3) is 5.43. The minimum absolute atomic E-state index is 0.127. The molecule has 2 fully saturated rings. The molecular formula is C20H31FN4. The van der Waals surface area contributed by atoms with Crippen LogP contribution in [0.1, 0.15) is 51.9 Å². The number of aliphatic imine (C=N–C) groups is 1. The first-order valence-corrected chi connectivity index (χ1v) is 9.76. The van der Waals surface area contributed by atoms with Gasteiger partial charge < -0.3 is 16.0 Å². The van der Waals surface area contributed by atoms with E-state index < -0.39 is 0 Å². The summed E-state index contributed by atoms with van der Waals surface area (Å²) in [5.74, 6) is 1.40. The highest BCUT2D eigenvalue weighted by Crippen LogP contribution is 2.30. The Labute approximate surface area is 150 Å². The Morgan fingerprint density at radius 1 is 1.28 bits per heavy atom. The number of rotatable bonds is 6. The van der Waals surface area contributed by atoms with Crippen LogP contribution in [-0.4, -0.2) is 36.0 Å². The summed E-state index contributed by atoms with van der Waals surface area (Å²) in [7, 11) is 0. The highest BCUT2D eigenvalue weighted by Gasteiger charge is 2.27. The SMILES string of the molecule is CCCN(CC1CC1)C(=N[C@H]1CCCC[C@@H]1N)Nc1cccc(F)c1. The maximum absolute atomic E-state index is 13.6. The van der Waals surface area contributed by atoms with Crippen molar-refractivity contribution in [3.05, 3.63) is 30.1 Å². The molecular weight excluding hydrogens is 315 g/mol.